The van der Waals surface area contributed by atoms with Gasteiger partial charge in [0, 0.05) is 10.6 Å². The highest BCUT2D eigenvalue weighted by molar-refractivity contribution is 7.98. The Kier molecular flexibility index (Phi) is 3.47. The zero-order valence-electron chi connectivity index (χ0n) is 10.9. The molecule has 0 amide bonds. The van der Waals surface area contributed by atoms with E-state index in [2.05, 4.69) is 10.2 Å². The first-order valence-electron chi connectivity index (χ1n) is 6.07. The highest BCUT2D eigenvalue weighted by atomic mass is 32.2. The smallest absolute Gasteiger partial charge is 0.283 e. The van der Waals surface area contributed by atoms with Crippen LogP contribution in [0, 0.1) is 6.92 Å². The van der Waals surface area contributed by atoms with Gasteiger partial charge in [-0.15, -0.1) is 22.0 Å². The molecule has 0 bridgehead atoms. The molecule has 0 aliphatic carbocycles. The summed E-state index contributed by atoms with van der Waals surface area (Å²) >= 11 is 1.62. The second-order valence-electron chi connectivity index (χ2n) is 4.29. The molecular weight excluding hydrogens is 274 g/mol. The van der Waals surface area contributed by atoms with Gasteiger partial charge < -0.3 is 14.6 Å². The summed E-state index contributed by atoms with van der Waals surface area (Å²) in [6.45, 7) is 1.99. The van der Waals surface area contributed by atoms with Crippen molar-refractivity contribution in [1.82, 2.24) is 10.2 Å². The Morgan fingerprint density at radius 2 is 2.15 bits per heavy atom. The molecule has 0 fully saturated rings. The number of thioether (sulfide) groups is 1. The molecule has 5 nitrogen and oxygen atoms in total. The molecule has 1 aromatic carbocycles. The predicted molar refractivity (Wildman–Crippen MR) is 77.2 cm³/mol. The van der Waals surface area contributed by atoms with E-state index in [0.29, 0.717) is 23.3 Å². The van der Waals surface area contributed by atoms with Gasteiger partial charge in [-0.2, -0.15) is 0 Å². The van der Waals surface area contributed by atoms with Crippen molar-refractivity contribution in [3.8, 4) is 11.7 Å². The summed E-state index contributed by atoms with van der Waals surface area (Å²) in [5.41, 5.74) is 7.66. The molecule has 0 saturated carbocycles. The Labute approximate surface area is 120 Å². The Hall–Kier alpha value is -2.21. The molecule has 0 saturated heterocycles. The molecule has 2 heterocycles. The van der Waals surface area contributed by atoms with E-state index in [-0.39, 0.29) is 0 Å². The molecule has 2 N–H and O–H groups in total. The van der Waals surface area contributed by atoms with Crippen molar-refractivity contribution in [2.24, 2.45) is 0 Å². The highest BCUT2D eigenvalue weighted by Gasteiger charge is 2.11. The lowest BCUT2D eigenvalue weighted by atomic mass is 10.2. The lowest BCUT2D eigenvalue weighted by molar-refractivity contribution is 0.494. The first-order valence-corrected chi connectivity index (χ1v) is 7.06. The molecule has 0 radical (unpaired) electrons. The van der Waals surface area contributed by atoms with E-state index in [1.54, 1.807) is 30.2 Å². The normalized spacial score (nSPS) is 10.8. The second kappa shape index (κ2) is 5.42. The molecule has 102 valence electrons. The Morgan fingerprint density at radius 3 is 2.90 bits per heavy atom. The van der Waals surface area contributed by atoms with Crippen molar-refractivity contribution in [1.29, 1.82) is 0 Å². The minimum atomic E-state index is 0.402. The summed E-state index contributed by atoms with van der Waals surface area (Å²) in [6.07, 6.45) is 1.57. The fraction of sp³-hybridized carbons (Fsp3) is 0.143. The summed E-state index contributed by atoms with van der Waals surface area (Å²) in [4.78, 5) is 1.12. The van der Waals surface area contributed by atoms with Crippen LogP contribution in [0.5, 0.6) is 0 Å². The largest absolute Gasteiger partial charge is 0.459 e. The van der Waals surface area contributed by atoms with E-state index in [0.717, 1.165) is 16.1 Å². The molecule has 0 atom stereocenters. The third-order valence-electron chi connectivity index (χ3n) is 2.80. The standard InChI is InChI=1S/C14H13N3O2S/c1-9-7-10(4-5-11(9)15)20-8-13-16-17-14(19-13)12-3-2-6-18-12/h2-7H,8,15H2,1H3. The molecule has 6 heteroatoms. The van der Waals surface area contributed by atoms with Gasteiger partial charge in [-0.25, -0.2) is 0 Å². The van der Waals surface area contributed by atoms with Gasteiger partial charge in [-0.05, 0) is 42.8 Å². The van der Waals surface area contributed by atoms with Gasteiger partial charge in [0.15, 0.2) is 5.76 Å². The number of nitrogens with two attached hydrogens (primary N) is 1. The van der Waals surface area contributed by atoms with Crippen LogP contribution in [0.4, 0.5) is 5.69 Å². The lowest BCUT2D eigenvalue weighted by Gasteiger charge is -2.03. The minimum Gasteiger partial charge on any atom is -0.459 e. The zero-order chi connectivity index (χ0) is 13.9. The van der Waals surface area contributed by atoms with Crippen LogP contribution >= 0.6 is 11.8 Å². The van der Waals surface area contributed by atoms with Crippen molar-refractivity contribution in [2.45, 2.75) is 17.6 Å². The van der Waals surface area contributed by atoms with Crippen LogP contribution in [-0.4, -0.2) is 10.2 Å². The lowest BCUT2D eigenvalue weighted by Crippen LogP contribution is -1.89. The molecule has 0 spiro atoms. The van der Waals surface area contributed by atoms with Gasteiger partial charge in [0.25, 0.3) is 5.89 Å². The van der Waals surface area contributed by atoms with Gasteiger partial charge in [-0.1, -0.05) is 0 Å². The molecule has 3 aromatic rings. The van der Waals surface area contributed by atoms with Crippen LogP contribution in [0.25, 0.3) is 11.7 Å². The maximum absolute atomic E-state index is 5.79. The van der Waals surface area contributed by atoms with Crippen molar-refractivity contribution < 1.29 is 8.83 Å². The van der Waals surface area contributed by atoms with Gasteiger partial charge in [0.05, 0.1) is 12.0 Å². The van der Waals surface area contributed by atoms with Crippen LogP contribution in [0.3, 0.4) is 0 Å². The summed E-state index contributed by atoms with van der Waals surface area (Å²) < 4.78 is 10.7. The first-order chi connectivity index (χ1) is 9.72. The fourth-order valence-corrected chi connectivity index (χ4v) is 2.53. The zero-order valence-corrected chi connectivity index (χ0v) is 11.7. The van der Waals surface area contributed by atoms with E-state index in [4.69, 9.17) is 14.6 Å². The Bertz CT molecular complexity index is 707. The maximum Gasteiger partial charge on any atom is 0.283 e. The topological polar surface area (TPSA) is 78.1 Å². The minimum absolute atomic E-state index is 0.402. The monoisotopic (exact) mass is 287 g/mol. The molecular formula is C14H13N3O2S. The number of aryl methyl sites for hydroxylation is 1. The van der Waals surface area contributed by atoms with E-state index in [1.807, 2.05) is 25.1 Å². The number of nitrogen functional groups attached to an aromatic ring is 1. The summed E-state index contributed by atoms with van der Waals surface area (Å²) in [6, 6.07) is 9.50. The first kappa shape index (κ1) is 12.8. The number of rotatable bonds is 4. The van der Waals surface area contributed by atoms with Crippen LogP contribution < -0.4 is 5.73 Å². The number of nitrogens with zero attached hydrogens (tertiary/aromatic N) is 2. The fourth-order valence-electron chi connectivity index (χ4n) is 1.69. The molecule has 2 aromatic heterocycles. The average Bonchev–Trinajstić information content (AvgIpc) is 3.09. The number of anilines is 1. The van der Waals surface area contributed by atoms with Gasteiger partial charge in [-0.3, -0.25) is 0 Å². The highest BCUT2D eigenvalue weighted by Crippen LogP contribution is 2.26. The van der Waals surface area contributed by atoms with Crippen molar-refractivity contribution in [3.63, 3.8) is 0 Å². The molecule has 0 unspecified atom stereocenters. The van der Waals surface area contributed by atoms with Gasteiger partial charge in [0.1, 0.15) is 0 Å². The quantitative estimate of drug-likeness (QED) is 0.584. The predicted octanol–water partition coefficient (Wildman–Crippen LogP) is 3.51. The summed E-state index contributed by atoms with van der Waals surface area (Å²) in [5.74, 6) is 2.16. The van der Waals surface area contributed by atoms with E-state index >= 15 is 0 Å². The van der Waals surface area contributed by atoms with E-state index in [9.17, 15) is 0 Å². The molecule has 0 aliphatic heterocycles. The number of aromatic nitrogens is 2. The van der Waals surface area contributed by atoms with Crippen LogP contribution in [-0.2, 0) is 5.75 Å². The Morgan fingerprint density at radius 1 is 1.25 bits per heavy atom. The molecule has 20 heavy (non-hydrogen) atoms. The second-order valence-corrected chi connectivity index (χ2v) is 5.33. The van der Waals surface area contributed by atoms with Crippen LogP contribution in [0.15, 0.2) is 50.3 Å². The van der Waals surface area contributed by atoms with Crippen molar-refractivity contribution >= 4 is 17.4 Å². The average molecular weight is 287 g/mol. The SMILES string of the molecule is Cc1cc(SCc2nnc(-c3ccco3)o2)ccc1N. The number of hydrogen-bond donors (Lipinski definition) is 1. The number of furan rings is 1. The molecule has 3 rings (SSSR count). The van der Waals surface area contributed by atoms with Crippen LogP contribution in [0.1, 0.15) is 11.5 Å². The van der Waals surface area contributed by atoms with E-state index < -0.39 is 0 Å². The molecule has 0 aliphatic rings. The van der Waals surface area contributed by atoms with Gasteiger partial charge >= 0.3 is 0 Å². The van der Waals surface area contributed by atoms with Crippen molar-refractivity contribution in [2.75, 3.05) is 5.73 Å². The maximum atomic E-state index is 5.79. The summed E-state index contributed by atoms with van der Waals surface area (Å²) in [7, 11) is 0. The number of benzene rings is 1. The van der Waals surface area contributed by atoms with E-state index in [1.165, 1.54) is 0 Å². The Balaban J connectivity index is 1.68. The number of hydrogen-bond acceptors (Lipinski definition) is 6. The third-order valence-corrected chi connectivity index (χ3v) is 3.78. The summed E-state index contributed by atoms with van der Waals surface area (Å²) in [5, 5.41) is 7.96. The van der Waals surface area contributed by atoms with Crippen LogP contribution in [0.2, 0.25) is 0 Å². The van der Waals surface area contributed by atoms with Crippen molar-refractivity contribution in [3.05, 3.63) is 48.0 Å². The third kappa shape index (κ3) is 2.70. The van der Waals surface area contributed by atoms with Gasteiger partial charge in [0.2, 0.25) is 5.89 Å².